The molecule has 1 N–H and O–H groups in total. The third-order valence-corrected chi connectivity index (χ3v) is 8.50. The normalized spacial score (nSPS) is 12.8. The Morgan fingerprint density at radius 2 is 1.46 bits per heavy atom. The predicted octanol–water partition coefficient (Wildman–Crippen LogP) is 6.09. The number of hydrogen-bond donors (Lipinski definition) is 1. The molecular formula is C31H37Cl2N3O4S. The van der Waals surface area contributed by atoms with Crippen LogP contribution in [0.4, 0.5) is 5.69 Å². The Bertz CT molecular complexity index is 1390. The summed E-state index contributed by atoms with van der Waals surface area (Å²) in [6.07, 6.45) is 2.53. The number of carbonyl (C=O) groups excluding carboxylic acids is 2. The van der Waals surface area contributed by atoms with Crippen LogP contribution in [-0.2, 0) is 32.6 Å². The minimum atomic E-state index is -3.60. The number of amides is 2. The Morgan fingerprint density at radius 3 is 2.02 bits per heavy atom. The predicted molar refractivity (Wildman–Crippen MR) is 167 cm³/mol. The summed E-state index contributed by atoms with van der Waals surface area (Å²) in [6.45, 7) is 4.22. The van der Waals surface area contributed by atoms with E-state index in [4.69, 9.17) is 23.2 Å². The first-order chi connectivity index (χ1) is 19.5. The number of halogens is 2. The highest BCUT2D eigenvalue weighted by Crippen LogP contribution is 2.22. The molecule has 0 unspecified atom stereocenters. The van der Waals surface area contributed by atoms with Gasteiger partial charge in [-0.25, -0.2) is 8.42 Å². The van der Waals surface area contributed by atoms with E-state index in [9.17, 15) is 18.0 Å². The van der Waals surface area contributed by atoms with Crippen molar-refractivity contribution in [1.29, 1.82) is 0 Å². The van der Waals surface area contributed by atoms with Gasteiger partial charge in [0.2, 0.25) is 21.8 Å². The second-order valence-corrected chi connectivity index (χ2v) is 12.9. The summed E-state index contributed by atoms with van der Waals surface area (Å²) < 4.78 is 26.4. The van der Waals surface area contributed by atoms with Gasteiger partial charge in [0.15, 0.2) is 0 Å². The second kappa shape index (κ2) is 15.2. The van der Waals surface area contributed by atoms with Crippen molar-refractivity contribution in [3.8, 4) is 0 Å². The van der Waals surface area contributed by atoms with Crippen molar-refractivity contribution in [3.05, 3.63) is 100 Å². The number of hydrogen-bond acceptors (Lipinski definition) is 4. The molecule has 0 aliphatic carbocycles. The zero-order valence-electron chi connectivity index (χ0n) is 23.6. The summed E-state index contributed by atoms with van der Waals surface area (Å²) in [5, 5.41) is 4.12. The van der Waals surface area contributed by atoms with Crippen LogP contribution in [-0.4, -0.2) is 50.0 Å². The number of carbonyl (C=O) groups is 2. The van der Waals surface area contributed by atoms with Crippen molar-refractivity contribution >= 4 is 50.7 Å². The maximum Gasteiger partial charge on any atom is 0.243 e. The summed E-state index contributed by atoms with van der Waals surface area (Å²) in [5.41, 5.74) is 2.23. The molecule has 0 aromatic heterocycles. The van der Waals surface area contributed by atoms with Crippen LogP contribution in [0.2, 0.25) is 10.0 Å². The van der Waals surface area contributed by atoms with Gasteiger partial charge in [0.25, 0.3) is 0 Å². The summed E-state index contributed by atoms with van der Waals surface area (Å²) in [4.78, 5) is 29.1. The minimum Gasteiger partial charge on any atom is -0.352 e. The Balaban J connectivity index is 1.88. The van der Waals surface area contributed by atoms with E-state index in [2.05, 4.69) is 5.32 Å². The minimum absolute atomic E-state index is 0.0507. The van der Waals surface area contributed by atoms with E-state index in [1.165, 1.54) is 4.31 Å². The van der Waals surface area contributed by atoms with Crippen molar-refractivity contribution in [3.63, 3.8) is 0 Å². The molecule has 0 aliphatic heterocycles. The van der Waals surface area contributed by atoms with Crippen molar-refractivity contribution in [2.75, 3.05) is 17.1 Å². The highest BCUT2D eigenvalue weighted by molar-refractivity contribution is 7.92. The van der Waals surface area contributed by atoms with Crippen LogP contribution in [0.5, 0.6) is 0 Å². The Labute approximate surface area is 253 Å². The van der Waals surface area contributed by atoms with Crippen LogP contribution >= 0.6 is 23.2 Å². The molecule has 2 atom stereocenters. The molecule has 0 saturated carbocycles. The van der Waals surface area contributed by atoms with E-state index in [0.717, 1.165) is 23.8 Å². The molecule has 0 spiro atoms. The van der Waals surface area contributed by atoms with Gasteiger partial charge in [0.05, 0.1) is 11.9 Å². The van der Waals surface area contributed by atoms with Gasteiger partial charge >= 0.3 is 0 Å². The van der Waals surface area contributed by atoms with Crippen molar-refractivity contribution in [2.24, 2.45) is 0 Å². The van der Waals surface area contributed by atoms with Gasteiger partial charge in [0, 0.05) is 42.0 Å². The van der Waals surface area contributed by atoms with Crippen molar-refractivity contribution < 1.29 is 18.0 Å². The number of sulfonamides is 1. The number of anilines is 1. The Kier molecular flexibility index (Phi) is 12.1. The van der Waals surface area contributed by atoms with Gasteiger partial charge in [-0.05, 0) is 67.3 Å². The maximum atomic E-state index is 13.9. The fourth-order valence-corrected chi connectivity index (χ4v) is 5.61. The lowest BCUT2D eigenvalue weighted by Crippen LogP contribution is -2.52. The van der Waals surface area contributed by atoms with E-state index in [-0.39, 0.29) is 43.8 Å². The van der Waals surface area contributed by atoms with Crippen molar-refractivity contribution in [1.82, 2.24) is 10.2 Å². The molecule has 0 aliphatic rings. The fraction of sp³-hybridized carbons (Fsp3) is 0.355. The topological polar surface area (TPSA) is 86.8 Å². The van der Waals surface area contributed by atoms with Crippen LogP contribution in [0.15, 0.2) is 78.9 Å². The molecule has 0 heterocycles. The molecule has 220 valence electrons. The molecule has 10 heteroatoms. The zero-order chi connectivity index (χ0) is 30.0. The first-order valence-corrected chi connectivity index (χ1v) is 16.2. The molecule has 0 saturated heterocycles. The average Bonchev–Trinajstić information content (AvgIpc) is 2.94. The summed E-state index contributed by atoms with van der Waals surface area (Å²) >= 11 is 12.1. The SMILES string of the molecule is CC[C@@H](C)NC(=O)[C@H](Cc1ccccc1)N(Cc1ccc(Cl)cc1)C(=O)CCCN(c1ccc(Cl)cc1)S(C)(=O)=O. The highest BCUT2D eigenvalue weighted by Gasteiger charge is 2.31. The molecule has 3 aromatic rings. The lowest BCUT2D eigenvalue weighted by Gasteiger charge is -2.32. The summed E-state index contributed by atoms with van der Waals surface area (Å²) in [7, 11) is -3.60. The smallest absolute Gasteiger partial charge is 0.243 e. The van der Waals surface area contributed by atoms with E-state index in [0.29, 0.717) is 22.2 Å². The van der Waals surface area contributed by atoms with Gasteiger partial charge in [0.1, 0.15) is 6.04 Å². The summed E-state index contributed by atoms with van der Waals surface area (Å²) in [5.74, 6) is -0.478. The fourth-order valence-electron chi connectivity index (χ4n) is 4.39. The van der Waals surface area contributed by atoms with Gasteiger partial charge in [-0.3, -0.25) is 13.9 Å². The zero-order valence-corrected chi connectivity index (χ0v) is 25.9. The molecule has 0 bridgehead atoms. The molecule has 2 amide bonds. The van der Waals surface area contributed by atoms with Gasteiger partial charge < -0.3 is 10.2 Å². The molecule has 7 nitrogen and oxygen atoms in total. The second-order valence-electron chi connectivity index (χ2n) is 10.1. The molecule has 0 radical (unpaired) electrons. The van der Waals surface area contributed by atoms with Crippen LogP contribution in [0.25, 0.3) is 0 Å². The van der Waals surface area contributed by atoms with Gasteiger partial charge in [-0.2, -0.15) is 0 Å². The van der Waals surface area contributed by atoms with Crippen LogP contribution in [0, 0.1) is 0 Å². The number of benzene rings is 3. The quantitative estimate of drug-likeness (QED) is 0.237. The van der Waals surface area contributed by atoms with Gasteiger partial charge in [-0.1, -0.05) is 72.6 Å². The molecule has 41 heavy (non-hydrogen) atoms. The molecular weight excluding hydrogens is 581 g/mol. The van der Waals surface area contributed by atoms with Crippen LogP contribution in [0.1, 0.15) is 44.2 Å². The standard InChI is InChI=1S/C31H37Cl2N3O4S/c1-4-23(2)34-31(38)29(21-24-9-6-5-7-10-24)35(22-25-12-14-26(32)15-13-25)30(37)11-8-20-36(41(3,39)40)28-18-16-27(33)17-19-28/h5-7,9-10,12-19,23,29H,4,8,11,20-22H2,1-3H3,(H,34,38)/t23-,29+/m1/s1. The third-order valence-electron chi connectivity index (χ3n) is 6.81. The summed E-state index contributed by atoms with van der Waals surface area (Å²) in [6, 6.07) is 22.4. The van der Waals surface area contributed by atoms with E-state index >= 15 is 0 Å². The molecule has 0 fully saturated rings. The largest absolute Gasteiger partial charge is 0.352 e. The monoisotopic (exact) mass is 617 g/mol. The Hall–Kier alpha value is -3.07. The highest BCUT2D eigenvalue weighted by atomic mass is 35.5. The first-order valence-electron chi connectivity index (χ1n) is 13.6. The van der Waals surface area contributed by atoms with Crippen molar-refractivity contribution in [2.45, 2.75) is 58.2 Å². The number of rotatable bonds is 14. The molecule has 3 aromatic carbocycles. The van der Waals surface area contributed by atoms with E-state index in [1.54, 1.807) is 41.3 Å². The van der Waals surface area contributed by atoms with Crippen LogP contribution in [0.3, 0.4) is 0 Å². The first kappa shape index (κ1) is 32.4. The third kappa shape index (κ3) is 10.1. The van der Waals surface area contributed by atoms with Crippen LogP contribution < -0.4 is 9.62 Å². The van der Waals surface area contributed by atoms with E-state index in [1.807, 2.05) is 56.3 Å². The lowest BCUT2D eigenvalue weighted by atomic mass is 10.0. The van der Waals surface area contributed by atoms with E-state index < -0.39 is 16.1 Å². The number of nitrogens with zero attached hydrogens (tertiary/aromatic N) is 2. The average molecular weight is 619 g/mol. The maximum absolute atomic E-state index is 13.9. The lowest BCUT2D eigenvalue weighted by molar-refractivity contribution is -0.141. The van der Waals surface area contributed by atoms with Gasteiger partial charge in [-0.15, -0.1) is 0 Å². The molecule has 3 rings (SSSR count). The Morgan fingerprint density at radius 1 is 0.878 bits per heavy atom. The number of nitrogens with one attached hydrogen (secondary N) is 1.